The van der Waals surface area contributed by atoms with E-state index in [2.05, 4.69) is 0 Å². The van der Waals surface area contributed by atoms with E-state index in [1.165, 1.54) is 6.07 Å². The number of benzene rings is 2. The molecule has 0 amide bonds. The van der Waals surface area contributed by atoms with Crippen LogP contribution in [-0.2, 0) is 13.0 Å². The molecule has 3 rings (SSSR count). The number of halogens is 2. The molecule has 0 saturated heterocycles. The number of ether oxygens (including phenoxy) is 1. The van der Waals surface area contributed by atoms with Gasteiger partial charge in [-0.25, -0.2) is 4.39 Å². The molecular formula is C17H16ClFO2. The van der Waals surface area contributed by atoms with E-state index < -0.39 is 11.9 Å². The first-order valence-corrected chi connectivity index (χ1v) is 7.39. The van der Waals surface area contributed by atoms with Crippen LogP contribution in [0.3, 0.4) is 0 Å². The molecule has 0 heterocycles. The molecule has 21 heavy (non-hydrogen) atoms. The lowest BCUT2D eigenvalue weighted by molar-refractivity contribution is 0.156. The number of rotatable bonds is 3. The van der Waals surface area contributed by atoms with E-state index >= 15 is 0 Å². The molecule has 2 aromatic carbocycles. The Morgan fingerprint density at radius 3 is 3.00 bits per heavy atom. The van der Waals surface area contributed by atoms with Crippen molar-refractivity contribution in [3.63, 3.8) is 0 Å². The molecule has 4 heteroatoms. The Balaban J connectivity index is 1.77. The van der Waals surface area contributed by atoms with E-state index in [1.54, 1.807) is 12.1 Å². The van der Waals surface area contributed by atoms with Crippen molar-refractivity contribution in [2.24, 2.45) is 0 Å². The Hall–Kier alpha value is -1.58. The average Bonchev–Trinajstić information content (AvgIpc) is 2.49. The van der Waals surface area contributed by atoms with E-state index in [-0.39, 0.29) is 11.6 Å². The van der Waals surface area contributed by atoms with Crippen LogP contribution in [0.15, 0.2) is 36.4 Å². The number of aryl methyl sites for hydroxylation is 1. The van der Waals surface area contributed by atoms with Gasteiger partial charge in [0.15, 0.2) is 0 Å². The third-order valence-corrected chi connectivity index (χ3v) is 4.12. The molecule has 110 valence electrons. The predicted octanol–water partition coefficient (Wildman–Crippen LogP) is 4.43. The SMILES string of the molecule is OC1CCCc2ccc(OCc3cccc(Cl)c3F)cc21. The summed E-state index contributed by atoms with van der Waals surface area (Å²) in [6.07, 6.45) is 2.33. The minimum Gasteiger partial charge on any atom is -0.489 e. The van der Waals surface area contributed by atoms with E-state index in [4.69, 9.17) is 16.3 Å². The fourth-order valence-electron chi connectivity index (χ4n) is 2.66. The van der Waals surface area contributed by atoms with Crippen LogP contribution in [0, 0.1) is 5.82 Å². The normalized spacial score (nSPS) is 17.4. The third-order valence-electron chi connectivity index (χ3n) is 3.83. The van der Waals surface area contributed by atoms with Gasteiger partial charge in [0, 0.05) is 5.56 Å². The summed E-state index contributed by atoms with van der Waals surface area (Å²) in [4.78, 5) is 0. The van der Waals surface area contributed by atoms with Crippen LogP contribution in [-0.4, -0.2) is 5.11 Å². The standard InChI is InChI=1S/C17H16ClFO2/c18-15-5-1-4-12(17(15)19)10-21-13-8-7-11-3-2-6-16(20)14(11)9-13/h1,4-5,7-9,16,20H,2-3,6,10H2. The number of aliphatic hydroxyl groups is 1. The largest absolute Gasteiger partial charge is 0.489 e. The van der Waals surface area contributed by atoms with Crippen molar-refractivity contribution in [3.8, 4) is 5.75 Å². The Kier molecular flexibility index (Phi) is 4.13. The van der Waals surface area contributed by atoms with Gasteiger partial charge in [-0.15, -0.1) is 0 Å². The smallest absolute Gasteiger partial charge is 0.148 e. The maximum atomic E-state index is 13.8. The second kappa shape index (κ2) is 6.04. The molecule has 0 spiro atoms. The lowest BCUT2D eigenvalue weighted by Crippen LogP contribution is -2.09. The van der Waals surface area contributed by atoms with Crippen molar-refractivity contribution in [1.82, 2.24) is 0 Å². The van der Waals surface area contributed by atoms with Gasteiger partial charge in [0.1, 0.15) is 18.2 Å². The first-order valence-electron chi connectivity index (χ1n) is 7.02. The molecular weight excluding hydrogens is 291 g/mol. The average molecular weight is 307 g/mol. The van der Waals surface area contributed by atoms with E-state index in [1.807, 2.05) is 18.2 Å². The number of aliphatic hydroxyl groups excluding tert-OH is 1. The Morgan fingerprint density at radius 1 is 1.29 bits per heavy atom. The molecule has 2 nitrogen and oxygen atoms in total. The fourth-order valence-corrected chi connectivity index (χ4v) is 2.86. The van der Waals surface area contributed by atoms with Gasteiger partial charge >= 0.3 is 0 Å². The summed E-state index contributed by atoms with van der Waals surface area (Å²) in [6.45, 7) is 0.112. The quantitative estimate of drug-likeness (QED) is 0.909. The van der Waals surface area contributed by atoms with Crippen LogP contribution in [0.5, 0.6) is 5.75 Å². The van der Waals surface area contributed by atoms with Crippen molar-refractivity contribution in [1.29, 1.82) is 0 Å². The molecule has 0 saturated carbocycles. The summed E-state index contributed by atoms with van der Waals surface area (Å²) < 4.78 is 19.4. The van der Waals surface area contributed by atoms with E-state index in [0.29, 0.717) is 11.3 Å². The molecule has 1 N–H and O–H groups in total. The summed E-state index contributed by atoms with van der Waals surface area (Å²) in [5.74, 6) is 0.186. The summed E-state index contributed by atoms with van der Waals surface area (Å²) >= 11 is 5.75. The van der Waals surface area contributed by atoms with Crippen molar-refractivity contribution < 1.29 is 14.2 Å². The Labute approximate surface area is 128 Å². The number of fused-ring (bicyclic) bond motifs is 1. The van der Waals surface area contributed by atoms with Crippen LogP contribution in [0.2, 0.25) is 5.02 Å². The van der Waals surface area contributed by atoms with Gasteiger partial charge in [0.05, 0.1) is 11.1 Å². The van der Waals surface area contributed by atoms with E-state index in [0.717, 1.165) is 30.4 Å². The molecule has 2 aromatic rings. The lowest BCUT2D eigenvalue weighted by Gasteiger charge is -2.22. The summed E-state index contributed by atoms with van der Waals surface area (Å²) in [7, 11) is 0. The van der Waals surface area contributed by atoms with Gasteiger partial charge in [0.2, 0.25) is 0 Å². The van der Waals surface area contributed by atoms with Crippen LogP contribution in [0.1, 0.15) is 35.6 Å². The van der Waals surface area contributed by atoms with Crippen LogP contribution in [0.4, 0.5) is 4.39 Å². The van der Waals surface area contributed by atoms with Crippen molar-refractivity contribution in [2.45, 2.75) is 32.0 Å². The van der Waals surface area contributed by atoms with Gasteiger partial charge in [0.25, 0.3) is 0 Å². The van der Waals surface area contributed by atoms with Crippen molar-refractivity contribution >= 4 is 11.6 Å². The number of hydrogen-bond donors (Lipinski definition) is 1. The van der Waals surface area contributed by atoms with Gasteiger partial charge in [-0.05, 0) is 48.6 Å². The van der Waals surface area contributed by atoms with Crippen LogP contribution < -0.4 is 4.74 Å². The maximum Gasteiger partial charge on any atom is 0.148 e. The van der Waals surface area contributed by atoms with Crippen LogP contribution in [0.25, 0.3) is 0 Å². The molecule has 0 fully saturated rings. The highest BCUT2D eigenvalue weighted by Gasteiger charge is 2.18. The molecule has 1 unspecified atom stereocenters. The summed E-state index contributed by atoms with van der Waals surface area (Å²) in [5.41, 5.74) is 2.50. The molecule has 1 atom stereocenters. The summed E-state index contributed by atoms with van der Waals surface area (Å²) in [5, 5.41) is 10.1. The predicted molar refractivity (Wildman–Crippen MR) is 80.1 cm³/mol. The fraction of sp³-hybridized carbons (Fsp3) is 0.294. The summed E-state index contributed by atoms with van der Waals surface area (Å²) in [6, 6.07) is 10.5. The second-order valence-corrected chi connectivity index (χ2v) is 5.68. The highest BCUT2D eigenvalue weighted by Crippen LogP contribution is 2.32. The Morgan fingerprint density at radius 2 is 2.14 bits per heavy atom. The highest BCUT2D eigenvalue weighted by molar-refractivity contribution is 6.30. The third kappa shape index (κ3) is 3.04. The highest BCUT2D eigenvalue weighted by atomic mass is 35.5. The first kappa shape index (κ1) is 14.4. The lowest BCUT2D eigenvalue weighted by atomic mass is 9.89. The van der Waals surface area contributed by atoms with Crippen LogP contribution >= 0.6 is 11.6 Å². The molecule has 0 bridgehead atoms. The zero-order valence-electron chi connectivity index (χ0n) is 11.5. The van der Waals surface area contributed by atoms with Gasteiger partial charge < -0.3 is 9.84 Å². The van der Waals surface area contributed by atoms with Gasteiger partial charge in [-0.1, -0.05) is 29.8 Å². The van der Waals surface area contributed by atoms with Gasteiger partial charge in [-0.2, -0.15) is 0 Å². The van der Waals surface area contributed by atoms with Gasteiger partial charge in [-0.3, -0.25) is 0 Å². The van der Waals surface area contributed by atoms with Crippen molar-refractivity contribution in [3.05, 3.63) is 63.9 Å². The topological polar surface area (TPSA) is 29.5 Å². The first-order chi connectivity index (χ1) is 10.1. The molecule has 0 aliphatic heterocycles. The zero-order valence-corrected chi connectivity index (χ0v) is 12.2. The minimum absolute atomic E-state index is 0.0944. The second-order valence-electron chi connectivity index (χ2n) is 5.27. The molecule has 0 aromatic heterocycles. The zero-order chi connectivity index (χ0) is 14.8. The molecule has 0 radical (unpaired) electrons. The van der Waals surface area contributed by atoms with E-state index in [9.17, 15) is 9.50 Å². The maximum absolute atomic E-state index is 13.8. The monoisotopic (exact) mass is 306 g/mol. The molecule has 1 aliphatic rings. The van der Waals surface area contributed by atoms with Crippen molar-refractivity contribution in [2.75, 3.05) is 0 Å². The number of hydrogen-bond acceptors (Lipinski definition) is 2. The minimum atomic E-state index is -0.447. The molecule has 1 aliphatic carbocycles. The Bertz CT molecular complexity index is 657.